The van der Waals surface area contributed by atoms with Crippen molar-refractivity contribution in [1.29, 1.82) is 0 Å². The summed E-state index contributed by atoms with van der Waals surface area (Å²) in [5.41, 5.74) is 2.65. The number of benzene rings is 2. The van der Waals surface area contributed by atoms with E-state index in [4.69, 9.17) is 13.9 Å². The summed E-state index contributed by atoms with van der Waals surface area (Å²) in [5, 5.41) is 0.461. The maximum atomic E-state index is 13.7. The second-order valence-electron chi connectivity index (χ2n) is 9.00. The maximum Gasteiger partial charge on any atom is 0.337 e. The Balaban J connectivity index is 1.53. The van der Waals surface area contributed by atoms with E-state index in [-0.39, 0.29) is 17.1 Å². The average Bonchev–Trinajstić information content (AvgIpc) is 3.16. The first-order valence-corrected chi connectivity index (χ1v) is 11.8. The van der Waals surface area contributed by atoms with Gasteiger partial charge in [-0.05, 0) is 43.2 Å². The Bertz CT molecular complexity index is 1320. The van der Waals surface area contributed by atoms with Gasteiger partial charge in [0.05, 0.1) is 42.9 Å². The zero-order chi connectivity index (χ0) is 24.5. The van der Waals surface area contributed by atoms with Gasteiger partial charge in [0.1, 0.15) is 5.58 Å². The molecule has 3 heterocycles. The van der Waals surface area contributed by atoms with Crippen molar-refractivity contribution in [3.05, 3.63) is 80.7 Å². The van der Waals surface area contributed by atoms with Crippen molar-refractivity contribution in [3.8, 4) is 0 Å². The number of hydrogen-bond acceptors (Lipinski definition) is 7. The van der Waals surface area contributed by atoms with Crippen molar-refractivity contribution in [2.45, 2.75) is 19.4 Å². The molecule has 2 aliphatic heterocycles. The maximum absolute atomic E-state index is 13.7. The lowest BCUT2D eigenvalue weighted by molar-refractivity contribution is 0.0353. The van der Waals surface area contributed by atoms with Crippen LogP contribution in [-0.2, 0) is 9.47 Å². The summed E-state index contributed by atoms with van der Waals surface area (Å²) in [6, 6.07) is 11.7. The van der Waals surface area contributed by atoms with Crippen LogP contribution in [0.15, 0.2) is 51.7 Å². The number of nitrogens with zero attached hydrogens (tertiary/aromatic N) is 2. The number of carbonyl (C=O) groups excluding carboxylic acids is 2. The van der Waals surface area contributed by atoms with E-state index < -0.39 is 12.0 Å². The van der Waals surface area contributed by atoms with E-state index in [2.05, 4.69) is 4.90 Å². The monoisotopic (exact) mass is 476 g/mol. The second kappa shape index (κ2) is 9.64. The highest BCUT2D eigenvalue weighted by Gasteiger charge is 2.42. The van der Waals surface area contributed by atoms with E-state index in [1.54, 1.807) is 41.3 Å². The lowest BCUT2D eigenvalue weighted by Crippen LogP contribution is -2.38. The molecular formula is C27H28N2O6. The summed E-state index contributed by atoms with van der Waals surface area (Å²) >= 11 is 0. The van der Waals surface area contributed by atoms with Gasteiger partial charge in [0.2, 0.25) is 5.76 Å². The number of hydrogen-bond donors (Lipinski definition) is 0. The fourth-order valence-corrected chi connectivity index (χ4v) is 4.92. The lowest BCUT2D eigenvalue weighted by atomic mass is 9.97. The van der Waals surface area contributed by atoms with Gasteiger partial charge in [0.15, 0.2) is 5.43 Å². The van der Waals surface area contributed by atoms with Gasteiger partial charge in [-0.25, -0.2) is 4.79 Å². The van der Waals surface area contributed by atoms with Crippen LogP contribution in [0.4, 0.5) is 0 Å². The molecule has 3 aromatic rings. The second-order valence-corrected chi connectivity index (χ2v) is 9.00. The predicted molar refractivity (Wildman–Crippen MR) is 130 cm³/mol. The molecule has 1 unspecified atom stereocenters. The van der Waals surface area contributed by atoms with Gasteiger partial charge in [-0.1, -0.05) is 23.8 Å². The molecule has 0 spiro atoms. The van der Waals surface area contributed by atoms with Crippen molar-refractivity contribution in [2.24, 2.45) is 0 Å². The number of ether oxygens (including phenoxy) is 2. The Kier molecular flexibility index (Phi) is 6.40. The third-order valence-electron chi connectivity index (χ3n) is 6.75. The van der Waals surface area contributed by atoms with E-state index in [1.165, 1.54) is 7.11 Å². The zero-order valence-electron chi connectivity index (χ0n) is 19.9. The van der Waals surface area contributed by atoms with Crippen molar-refractivity contribution < 1.29 is 23.5 Å². The van der Waals surface area contributed by atoms with Crippen LogP contribution in [0.3, 0.4) is 0 Å². The molecule has 0 N–H and O–H groups in total. The quantitative estimate of drug-likeness (QED) is 0.505. The Hall–Kier alpha value is -3.49. The summed E-state index contributed by atoms with van der Waals surface area (Å²) in [6.45, 7) is 6.40. The van der Waals surface area contributed by atoms with Gasteiger partial charge in [-0.2, -0.15) is 0 Å². The van der Waals surface area contributed by atoms with Crippen molar-refractivity contribution >= 4 is 22.8 Å². The molecule has 8 heteroatoms. The molecule has 5 rings (SSSR count). The SMILES string of the molecule is COC(=O)c1ccc(C2c3c(oc4ccc(C)cc4c3=O)C(=O)N2CCCN2CCOCC2)cc1. The highest BCUT2D eigenvalue weighted by atomic mass is 16.5. The number of morpholine rings is 1. The molecular weight excluding hydrogens is 448 g/mol. The average molecular weight is 477 g/mol. The molecule has 1 atom stereocenters. The molecule has 182 valence electrons. The van der Waals surface area contributed by atoms with Crippen molar-refractivity contribution in [3.63, 3.8) is 0 Å². The van der Waals surface area contributed by atoms with E-state index in [9.17, 15) is 14.4 Å². The van der Waals surface area contributed by atoms with E-state index >= 15 is 0 Å². The zero-order valence-corrected chi connectivity index (χ0v) is 19.9. The lowest BCUT2D eigenvalue weighted by Gasteiger charge is -2.29. The van der Waals surface area contributed by atoms with Crippen LogP contribution in [0.5, 0.6) is 0 Å². The number of methoxy groups -OCH3 is 1. The van der Waals surface area contributed by atoms with Crippen LogP contribution in [0, 0.1) is 6.92 Å². The first-order valence-electron chi connectivity index (χ1n) is 11.8. The molecule has 1 saturated heterocycles. The Morgan fingerprint density at radius 2 is 1.80 bits per heavy atom. The predicted octanol–water partition coefficient (Wildman–Crippen LogP) is 3.16. The third-order valence-corrected chi connectivity index (χ3v) is 6.75. The molecule has 1 aromatic heterocycles. The molecule has 1 amide bonds. The van der Waals surface area contributed by atoms with Crippen LogP contribution < -0.4 is 5.43 Å². The van der Waals surface area contributed by atoms with Crippen molar-refractivity contribution in [1.82, 2.24) is 9.80 Å². The van der Waals surface area contributed by atoms with Gasteiger partial charge in [0.25, 0.3) is 5.91 Å². The summed E-state index contributed by atoms with van der Waals surface area (Å²) in [4.78, 5) is 43.1. The highest BCUT2D eigenvalue weighted by molar-refractivity contribution is 5.99. The number of esters is 1. The Labute approximate surface area is 203 Å². The minimum absolute atomic E-state index is 0.0970. The molecule has 0 aliphatic carbocycles. The van der Waals surface area contributed by atoms with Crippen LogP contribution in [0.25, 0.3) is 11.0 Å². The first kappa shape index (κ1) is 23.3. The van der Waals surface area contributed by atoms with Gasteiger partial charge < -0.3 is 18.8 Å². The third kappa shape index (κ3) is 4.35. The number of fused-ring (bicyclic) bond motifs is 2. The molecule has 2 aliphatic rings. The Morgan fingerprint density at radius 3 is 2.51 bits per heavy atom. The number of aryl methyl sites for hydroxylation is 1. The fraction of sp³-hybridized carbons (Fsp3) is 0.370. The van der Waals surface area contributed by atoms with E-state index in [0.717, 1.165) is 37.2 Å². The van der Waals surface area contributed by atoms with E-state index in [1.807, 2.05) is 13.0 Å². The Morgan fingerprint density at radius 1 is 1.06 bits per heavy atom. The molecule has 2 aromatic carbocycles. The van der Waals surface area contributed by atoms with Crippen molar-refractivity contribution in [2.75, 3.05) is 46.5 Å². The number of rotatable bonds is 6. The number of carbonyl (C=O) groups is 2. The molecule has 0 saturated carbocycles. The summed E-state index contributed by atoms with van der Waals surface area (Å²) in [6.07, 6.45) is 0.753. The van der Waals surface area contributed by atoms with Gasteiger partial charge >= 0.3 is 5.97 Å². The van der Waals surface area contributed by atoms with Crippen LogP contribution in [-0.4, -0.2) is 68.2 Å². The minimum Gasteiger partial charge on any atom is -0.465 e. The van der Waals surface area contributed by atoms with Crippen LogP contribution in [0.2, 0.25) is 0 Å². The van der Waals surface area contributed by atoms with Crippen LogP contribution >= 0.6 is 0 Å². The number of amides is 1. The molecule has 0 bridgehead atoms. The topological polar surface area (TPSA) is 89.3 Å². The molecule has 1 fully saturated rings. The first-order chi connectivity index (χ1) is 17.0. The van der Waals surface area contributed by atoms with Crippen LogP contribution in [0.1, 0.15) is 50.1 Å². The standard InChI is InChI=1S/C27H28N2O6/c1-17-4-9-21-20(16-17)24(30)22-23(18-5-7-19(8-6-18)27(32)33-2)29(26(31)25(22)35-21)11-3-10-28-12-14-34-15-13-28/h4-9,16,23H,3,10-15H2,1-2H3. The summed E-state index contributed by atoms with van der Waals surface area (Å²) in [7, 11) is 1.33. The fourth-order valence-electron chi connectivity index (χ4n) is 4.92. The molecule has 35 heavy (non-hydrogen) atoms. The van der Waals surface area contributed by atoms with Gasteiger partial charge in [-0.15, -0.1) is 0 Å². The highest BCUT2D eigenvalue weighted by Crippen LogP contribution is 2.38. The normalized spacial score (nSPS) is 18.2. The molecule has 0 radical (unpaired) electrons. The largest absolute Gasteiger partial charge is 0.465 e. The summed E-state index contributed by atoms with van der Waals surface area (Å²) in [5.74, 6) is -0.633. The summed E-state index contributed by atoms with van der Waals surface area (Å²) < 4.78 is 16.2. The minimum atomic E-state index is -0.588. The van der Waals surface area contributed by atoms with Gasteiger partial charge in [0, 0.05) is 26.2 Å². The van der Waals surface area contributed by atoms with E-state index in [0.29, 0.717) is 41.9 Å². The van der Waals surface area contributed by atoms with Gasteiger partial charge in [-0.3, -0.25) is 14.5 Å². The smallest absolute Gasteiger partial charge is 0.337 e. The molecule has 8 nitrogen and oxygen atoms in total.